The molecule has 35 heavy (non-hydrogen) atoms. The number of non-ortho nitro benzene ring substituents is 1. The van der Waals surface area contributed by atoms with E-state index in [1.807, 2.05) is 6.92 Å². The van der Waals surface area contributed by atoms with Crippen LogP contribution in [-0.2, 0) is 21.3 Å². The van der Waals surface area contributed by atoms with Crippen LogP contribution < -0.4 is 4.80 Å². The number of piperidine rings is 1. The summed E-state index contributed by atoms with van der Waals surface area (Å²) in [5.41, 5.74) is 0.927. The Morgan fingerprint density at radius 1 is 1.14 bits per heavy atom. The molecule has 0 N–H and O–H groups in total. The first-order chi connectivity index (χ1) is 16.8. The molecule has 4 rings (SSSR count). The molecule has 1 amide bonds. The molecule has 0 saturated carbocycles. The number of benzene rings is 2. The van der Waals surface area contributed by atoms with E-state index in [2.05, 4.69) is 4.99 Å². The van der Waals surface area contributed by atoms with Crippen LogP contribution in [-0.4, -0.2) is 54.4 Å². The number of nitrogens with zero attached hydrogens (tertiary/aromatic N) is 4. The van der Waals surface area contributed by atoms with Gasteiger partial charge in [0.2, 0.25) is 10.0 Å². The van der Waals surface area contributed by atoms with Gasteiger partial charge >= 0.3 is 0 Å². The van der Waals surface area contributed by atoms with Gasteiger partial charge in [0, 0.05) is 43.9 Å². The normalized spacial score (nSPS) is 15.5. The number of ether oxygens (including phenoxy) is 1. The Bertz CT molecular complexity index is 1400. The number of hydrogen-bond acceptors (Lipinski definition) is 7. The number of thiazole rings is 1. The van der Waals surface area contributed by atoms with Gasteiger partial charge < -0.3 is 9.30 Å². The first kappa shape index (κ1) is 25.2. The minimum absolute atomic E-state index is 0.0425. The van der Waals surface area contributed by atoms with Crippen molar-refractivity contribution in [2.24, 2.45) is 4.99 Å². The van der Waals surface area contributed by atoms with Crippen molar-refractivity contribution in [1.82, 2.24) is 8.87 Å². The maximum Gasteiger partial charge on any atom is 0.279 e. The SMILES string of the molecule is CCOCCn1c(=NC(=O)c2ccc(S(=O)(=O)N3CCCCC3)cc2)sc2cc([N+](=O)[O-])ccc21. The molecule has 10 nitrogen and oxygen atoms in total. The number of amides is 1. The molecule has 186 valence electrons. The second kappa shape index (κ2) is 10.8. The lowest BCUT2D eigenvalue weighted by Crippen LogP contribution is -2.35. The molecule has 2 heterocycles. The predicted molar refractivity (Wildman–Crippen MR) is 132 cm³/mol. The van der Waals surface area contributed by atoms with E-state index in [1.54, 1.807) is 10.6 Å². The average Bonchev–Trinajstić information content (AvgIpc) is 3.20. The summed E-state index contributed by atoms with van der Waals surface area (Å²) in [6.45, 7) is 4.23. The highest BCUT2D eigenvalue weighted by atomic mass is 32.2. The Balaban J connectivity index is 1.65. The average molecular weight is 519 g/mol. The lowest BCUT2D eigenvalue weighted by atomic mass is 10.2. The summed E-state index contributed by atoms with van der Waals surface area (Å²) in [4.78, 5) is 28.4. The molecule has 0 atom stereocenters. The van der Waals surface area contributed by atoms with E-state index < -0.39 is 20.9 Å². The molecule has 1 fully saturated rings. The third-order valence-electron chi connectivity index (χ3n) is 5.79. The van der Waals surface area contributed by atoms with Crippen LogP contribution in [0.5, 0.6) is 0 Å². The van der Waals surface area contributed by atoms with E-state index >= 15 is 0 Å². The molecule has 12 heteroatoms. The number of fused-ring (bicyclic) bond motifs is 1. The number of aromatic nitrogens is 1. The number of hydrogen-bond donors (Lipinski definition) is 0. The van der Waals surface area contributed by atoms with Gasteiger partial charge in [-0.25, -0.2) is 8.42 Å². The molecule has 1 aliphatic rings. The monoisotopic (exact) mass is 518 g/mol. The maximum absolute atomic E-state index is 12.9. The standard InChI is InChI=1S/C23H26N4O6S2/c1-2-33-15-14-26-20-11-8-18(27(29)30)16-21(20)34-23(26)24-22(28)17-6-9-19(10-7-17)35(31,32)25-12-4-3-5-13-25/h6-11,16H,2-5,12-15H2,1H3. The van der Waals surface area contributed by atoms with Crippen LogP contribution in [0.25, 0.3) is 10.2 Å². The highest BCUT2D eigenvalue weighted by Gasteiger charge is 2.26. The topological polar surface area (TPSA) is 124 Å². The Kier molecular flexibility index (Phi) is 7.75. The Labute approximate surface area is 206 Å². The first-order valence-electron chi connectivity index (χ1n) is 11.4. The number of rotatable bonds is 8. The van der Waals surface area contributed by atoms with Gasteiger partial charge in [-0.15, -0.1) is 0 Å². The smallest absolute Gasteiger partial charge is 0.279 e. The maximum atomic E-state index is 12.9. The fourth-order valence-electron chi connectivity index (χ4n) is 3.95. The highest BCUT2D eigenvalue weighted by Crippen LogP contribution is 2.24. The molecule has 2 aromatic carbocycles. The van der Waals surface area contributed by atoms with Crippen molar-refractivity contribution in [1.29, 1.82) is 0 Å². The third kappa shape index (κ3) is 5.50. The van der Waals surface area contributed by atoms with E-state index in [9.17, 15) is 23.3 Å². The van der Waals surface area contributed by atoms with Gasteiger partial charge in [0.05, 0.1) is 26.6 Å². The molecular formula is C23H26N4O6S2. The summed E-state index contributed by atoms with van der Waals surface area (Å²) in [5.74, 6) is -0.530. The van der Waals surface area contributed by atoms with Crippen molar-refractivity contribution in [3.63, 3.8) is 0 Å². The highest BCUT2D eigenvalue weighted by molar-refractivity contribution is 7.89. The molecule has 1 saturated heterocycles. The molecule has 0 unspecified atom stereocenters. The van der Waals surface area contributed by atoms with Crippen LogP contribution >= 0.6 is 11.3 Å². The quantitative estimate of drug-likeness (QED) is 0.255. The van der Waals surface area contributed by atoms with Gasteiger partial charge in [-0.2, -0.15) is 9.30 Å². The summed E-state index contributed by atoms with van der Waals surface area (Å²) in [6.07, 6.45) is 2.71. The van der Waals surface area contributed by atoms with E-state index in [1.165, 1.54) is 52.0 Å². The summed E-state index contributed by atoms with van der Waals surface area (Å²) in [6, 6.07) is 10.3. The molecule has 0 bridgehead atoms. The summed E-state index contributed by atoms with van der Waals surface area (Å²) < 4.78 is 35.1. The zero-order chi connectivity index (χ0) is 25.0. The Hall–Kier alpha value is -2.93. The molecular weight excluding hydrogens is 492 g/mol. The van der Waals surface area contributed by atoms with Gasteiger partial charge in [-0.1, -0.05) is 17.8 Å². The van der Waals surface area contributed by atoms with Gasteiger partial charge in [0.25, 0.3) is 11.6 Å². The van der Waals surface area contributed by atoms with E-state index in [0.29, 0.717) is 42.3 Å². The van der Waals surface area contributed by atoms with Crippen LogP contribution in [0, 0.1) is 10.1 Å². The van der Waals surface area contributed by atoms with Crippen LogP contribution in [0.2, 0.25) is 0 Å². The number of nitro groups is 1. The summed E-state index contributed by atoms with van der Waals surface area (Å²) >= 11 is 1.18. The molecule has 3 aromatic rings. The minimum atomic E-state index is -3.59. The molecule has 0 aliphatic carbocycles. The Morgan fingerprint density at radius 2 is 1.86 bits per heavy atom. The predicted octanol–water partition coefficient (Wildman–Crippen LogP) is 3.56. The zero-order valence-corrected chi connectivity index (χ0v) is 20.9. The van der Waals surface area contributed by atoms with Crippen LogP contribution in [0.4, 0.5) is 5.69 Å². The fourth-order valence-corrected chi connectivity index (χ4v) is 6.56. The van der Waals surface area contributed by atoms with Crippen molar-refractivity contribution < 1.29 is 22.9 Å². The zero-order valence-electron chi connectivity index (χ0n) is 19.3. The van der Waals surface area contributed by atoms with Crippen molar-refractivity contribution >= 4 is 43.2 Å². The Morgan fingerprint density at radius 3 is 2.51 bits per heavy atom. The van der Waals surface area contributed by atoms with Crippen LogP contribution in [0.1, 0.15) is 36.5 Å². The number of carbonyl (C=O) groups is 1. The molecule has 1 aliphatic heterocycles. The van der Waals surface area contributed by atoms with Crippen molar-refractivity contribution in [2.75, 3.05) is 26.3 Å². The summed E-state index contributed by atoms with van der Waals surface area (Å²) in [5, 5.41) is 11.2. The number of carbonyl (C=O) groups excluding carboxylic acids is 1. The van der Waals surface area contributed by atoms with E-state index in [-0.39, 0.29) is 16.1 Å². The summed E-state index contributed by atoms with van der Waals surface area (Å²) in [7, 11) is -3.59. The minimum Gasteiger partial charge on any atom is -0.380 e. The molecule has 1 aromatic heterocycles. The third-order valence-corrected chi connectivity index (χ3v) is 8.75. The first-order valence-corrected chi connectivity index (χ1v) is 13.6. The van der Waals surface area contributed by atoms with Crippen molar-refractivity contribution in [2.45, 2.75) is 37.6 Å². The van der Waals surface area contributed by atoms with Gasteiger partial charge in [0.1, 0.15) is 0 Å². The fraction of sp³-hybridized carbons (Fsp3) is 0.391. The van der Waals surface area contributed by atoms with E-state index in [0.717, 1.165) is 24.8 Å². The number of sulfonamides is 1. The molecule has 0 spiro atoms. The second-order valence-electron chi connectivity index (χ2n) is 8.05. The van der Waals surface area contributed by atoms with Gasteiger partial charge in [-0.3, -0.25) is 14.9 Å². The van der Waals surface area contributed by atoms with E-state index in [4.69, 9.17) is 4.74 Å². The number of nitro benzene ring substituents is 1. The lowest BCUT2D eigenvalue weighted by Gasteiger charge is -2.25. The van der Waals surface area contributed by atoms with Crippen LogP contribution in [0.3, 0.4) is 0 Å². The van der Waals surface area contributed by atoms with Gasteiger partial charge in [-0.05, 0) is 50.1 Å². The largest absolute Gasteiger partial charge is 0.380 e. The van der Waals surface area contributed by atoms with Crippen molar-refractivity contribution in [3.05, 3.63) is 62.9 Å². The van der Waals surface area contributed by atoms with Crippen molar-refractivity contribution in [3.8, 4) is 0 Å². The van der Waals surface area contributed by atoms with Crippen LogP contribution in [0.15, 0.2) is 52.4 Å². The van der Waals surface area contributed by atoms with Gasteiger partial charge in [0.15, 0.2) is 4.80 Å². The second-order valence-corrected chi connectivity index (χ2v) is 11.0. The lowest BCUT2D eigenvalue weighted by molar-refractivity contribution is -0.384. The molecule has 0 radical (unpaired) electrons.